The molecule has 0 aromatic heterocycles. The van der Waals surface area contributed by atoms with Gasteiger partial charge in [-0.2, -0.15) is 0 Å². The lowest BCUT2D eigenvalue weighted by Crippen LogP contribution is -2.46. The molecule has 4 heteroatoms. The minimum Gasteiger partial charge on any atom is -0.350 e. The van der Waals surface area contributed by atoms with Crippen LogP contribution in [-0.2, 0) is 11.3 Å². The molecular weight excluding hydrogens is 564 g/mol. The number of hydrogen-bond donors (Lipinski definition) is 2. The van der Waals surface area contributed by atoms with Crippen LogP contribution < -0.4 is 10.6 Å². The number of carbonyl (C=O) groups is 2. The Kier molecular flexibility index (Phi) is 10.4. The van der Waals surface area contributed by atoms with Gasteiger partial charge in [0.05, 0.1) is 0 Å². The van der Waals surface area contributed by atoms with Crippen molar-refractivity contribution in [1.82, 2.24) is 10.6 Å². The zero-order chi connectivity index (χ0) is 31.6. The minimum absolute atomic E-state index is 0.147. The van der Waals surface area contributed by atoms with Crippen molar-refractivity contribution < 1.29 is 9.59 Å². The first-order valence-electron chi connectivity index (χ1n) is 16.6. The Morgan fingerprint density at radius 2 is 1.24 bits per heavy atom. The summed E-state index contributed by atoms with van der Waals surface area (Å²) in [5.74, 6) is 1.10. The molecule has 46 heavy (non-hydrogen) atoms. The van der Waals surface area contributed by atoms with Crippen LogP contribution in [0.25, 0.3) is 22.3 Å². The van der Waals surface area contributed by atoms with E-state index in [1.165, 1.54) is 18.4 Å². The second-order valence-electron chi connectivity index (χ2n) is 12.4. The van der Waals surface area contributed by atoms with Crippen molar-refractivity contribution in [2.75, 3.05) is 0 Å². The standard InChI is InChI=1S/C42H42N2O2/c45-41(36-26-24-34(25-27-36)32-15-5-1-6-16-32)44-40(23-12-4-11-21-38-29-39(38)35-19-9-3-10-20-35)42(46)43-30-31-14-13-22-37(28-31)33-17-7-2-8-18-33/h1-3,5-10,13-20,22,24-28,38-40H,4,11-12,21,23,29-30H2,(H,43,46)(H,44,45)/t38?,39?,40-/m0/s1. The van der Waals surface area contributed by atoms with Gasteiger partial charge >= 0.3 is 0 Å². The van der Waals surface area contributed by atoms with E-state index in [-0.39, 0.29) is 11.8 Å². The maximum atomic E-state index is 13.5. The molecular formula is C42H42N2O2. The summed E-state index contributed by atoms with van der Waals surface area (Å²) in [4.78, 5) is 26.9. The molecule has 0 bridgehead atoms. The topological polar surface area (TPSA) is 58.2 Å². The molecule has 3 atom stereocenters. The number of carbonyl (C=O) groups excluding carboxylic acids is 2. The van der Waals surface area contributed by atoms with Gasteiger partial charge in [0, 0.05) is 12.1 Å². The molecule has 1 aliphatic rings. The van der Waals surface area contributed by atoms with Crippen molar-refractivity contribution in [3.8, 4) is 22.3 Å². The number of nitrogens with one attached hydrogen (secondary N) is 2. The van der Waals surface area contributed by atoms with E-state index in [4.69, 9.17) is 0 Å². The smallest absolute Gasteiger partial charge is 0.251 e. The van der Waals surface area contributed by atoms with E-state index in [2.05, 4.69) is 77.4 Å². The monoisotopic (exact) mass is 606 g/mol. The maximum Gasteiger partial charge on any atom is 0.251 e. The van der Waals surface area contributed by atoms with Crippen LogP contribution in [0, 0.1) is 5.92 Å². The van der Waals surface area contributed by atoms with E-state index in [0.29, 0.717) is 24.4 Å². The third-order valence-corrected chi connectivity index (χ3v) is 9.09. The van der Waals surface area contributed by atoms with Gasteiger partial charge in [0.2, 0.25) is 5.91 Å². The fraction of sp³-hybridized carbons (Fsp3) is 0.238. The van der Waals surface area contributed by atoms with Gasteiger partial charge in [-0.1, -0.05) is 141 Å². The van der Waals surface area contributed by atoms with Crippen LogP contribution in [0.5, 0.6) is 0 Å². The van der Waals surface area contributed by atoms with E-state index in [9.17, 15) is 9.59 Å². The molecule has 0 spiro atoms. The number of rotatable bonds is 14. The number of benzene rings is 5. The van der Waals surface area contributed by atoms with Crippen LogP contribution in [0.15, 0.2) is 140 Å². The molecule has 0 radical (unpaired) electrons. The normalized spacial score (nSPS) is 15.9. The largest absolute Gasteiger partial charge is 0.350 e. The Balaban J connectivity index is 1.05. The molecule has 5 aromatic carbocycles. The minimum atomic E-state index is -0.600. The molecule has 4 nitrogen and oxygen atoms in total. The zero-order valence-corrected chi connectivity index (χ0v) is 26.3. The lowest BCUT2D eigenvalue weighted by molar-refractivity contribution is -0.123. The fourth-order valence-corrected chi connectivity index (χ4v) is 6.37. The van der Waals surface area contributed by atoms with E-state index >= 15 is 0 Å². The van der Waals surface area contributed by atoms with Gasteiger partial charge < -0.3 is 10.6 Å². The van der Waals surface area contributed by atoms with Gasteiger partial charge in [-0.05, 0) is 82.7 Å². The summed E-state index contributed by atoms with van der Waals surface area (Å²) in [5.41, 5.74) is 7.43. The summed E-state index contributed by atoms with van der Waals surface area (Å²) in [6.07, 6.45) is 6.17. The highest BCUT2D eigenvalue weighted by molar-refractivity contribution is 5.97. The third kappa shape index (κ3) is 8.39. The molecule has 1 fully saturated rings. The van der Waals surface area contributed by atoms with Gasteiger partial charge in [-0.15, -0.1) is 0 Å². The first-order valence-corrected chi connectivity index (χ1v) is 16.6. The molecule has 0 saturated heterocycles. The van der Waals surface area contributed by atoms with Crippen molar-refractivity contribution in [1.29, 1.82) is 0 Å². The van der Waals surface area contributed by atoms with Gasteiger partial charge in [-0.3, -0.25) is 9.59 Å². The van der Waals surface area contributed by atoms with Crippen molar-refractivity contribution in [3.63, 3.8) is 0 Å². The lowest BCUT2D eigenvalue weighted by atomic mass is 10.0. The molecule has 2 amide bonds. The number of unbranched alkanes of at least 4 members (excludes halogenated alkanes) is 2. The third-order valence-electron chi connectivity index (χ3n) is 9.09. The summed E-state index contributed by atoms with van der Waals surface area (Å²) in [6.45, 7) is 0.403. The van der Waals surface area contributed by atoms with Gasteiger partial charge in [0.15, 0.2) is 0 Å². The van der Waals surface area contributed by atoms with E-state index < -0.39 is 6.04 Å². The summed E-state index contributed by atoms with van der Waals surface area (Å²) in [6, 6.07) is 46.4. The van der Waals surface area contributed by atoms with Crippen molar-refractivity contribution in [2.45, 2.75) is 57.0 Å². The van der Waals surface area contributed by atoms with Crippen LogP contribution >= 0.6 is 0 Å². The average molecular weight is 607 g/mol. The van der Waals surface area contributed by atoms with Crippen LogP contribution in [-0.4, -0.2) is 17.9 Å². The molecule has 0 heterocycles. The molecule has 5 aromatic rings. The predicted molar refractivity (Wildman–Crippen MR) is 187 cm³/mol. The van der Waals surface area contributed by atoms with Crippen molar-refractivity contribution in [3.05, 3.63) is 156 Å². The molecule has 1 aliphatic carbocycles. The zero-order valence-electron chi connectivity index (χ0n) is 26.3. The van der Waals surface area contributed by atoms with E-state index in [1.807, 2.05) is 72.8 Å². The molecule has 1 saturated carbocycles. The number of amides is 2. The summed E-state index contributed by atoms with van der Waals surface area (Å²) in [5, 5.41) is 6.16. The highest BCUT2D eigenvalue weighted by atomic mass is 16.2. The second-order valence-corrected chi connectivity index (χ2v) is 12.4. The second kappa shape index (κ2) is 15.4. The van der Waals surface area contributed by atoms with Crippen LogP contribution in [0.2, 0.25) is 0 Å². The first kappa shape index (κ1) is 31.0. The van der Waals surface area contributed by atoms with Crippen LogP contribution in [0.4, 0.5) is 0 Å². The van der Waals surface area contributed by atoms with Gasteiger partial charge in [0.25, 0.3) is 5.91 Å². The highest BCUT2D eigenvalue weighted by Crippen LogP contribution is 2.50. The molecule has 2 N–H and O–H groups in total. The molecule has 6 rings (SSSR count). The quantitative estimate of drug-likeness (QED) is 0.124. The van der Waals surface area contributed by atoms with Gasteiger partial charge in [0.1, 0.15) is 6.04 Å². The van der Waals surface area contributed by atoms with Gasteiger partial charge in [-0.25, -0.2) is 0 Å². The fourth-order valence-electron chi connectivity index (χ4n) is 6.37. The summed E-state index contributed by atoms with van der Waals surface area (Å²) in [7, 11) is 0. The Morgan fingerprint density at radius 1 is 0.630 bits per heavy atom. The van der Waals surface area contributed by atoms with E-state index in [1.54, 1.807) is 0 Å². The maximum absolute atomic E-state index is 13.5. The number of hydrogen-bond acceptors (Lipinski definition) is 2. The summed E-state index contributed by atoms with van der Waals surface area (Å²) >= 11 is 0. The summed E-state index contributed by atoms with van der Waals surface area (Å²) < 4.78 is 0. The van der Waals surface area contributed by atoms with Crippen LogP contribution in [0.3, 0.4) is 0 Å². The Bertz CT molecular complexity index is 1700. The SMILES string of the molecule is O=C(N[C@@H](CCCCCC1CC1c1ccccc1)C(=O)NCc1cccc(-c2ccccc2)c1)c1ccc(-c2ccccc2)cc1. The molecule has 2 unspecified atom stereocenters. The Hall–Kier alpha value is -4.96. The van der Waals surface area contributed by atoms with Crippen molar-refractivity contribution >= 4 is 11.8 Å². The first-order chi connectivity index (χ1) is 22.6. The lowest BCUT2D eigenvalue weighted by Gasteiger charge is -2.19. The Morgan fingerprint density at radius 3 is 1.93 bits per heavy atom. The van der Waals surface area contributed by atoms with E-state index in [0.717, 1.165) is 53.0 Å². The molecule has 0 aliphatic heterocycles. The average Bonchev–Trinajstić information content (AvgIpc) is 3.91. The van der Waals surface area contributed by atoms with Crippen molar-refractivity contribution in [2.24, 2.45) is 5.92 Å². The molecule has 232 valence electrons. The Labute approximate surface area is 272 Å². The predicted octanol–water partition coefficient (Wildman–Crippen LogP) is 9.19. The van der Waals surface area contributed by atoms with Crippen LogP contribution in [0.1, 0.15) is 65.9 Å². The highest BCUT2D eigenvalue weighted by Gasteiger charge is 2.37.